The monoisotopic (exact) mass is 173 g/mol. The predicted octanol–water partition coefficient (Wildman–Crippen LogP) is 0.648. The van der Waals surface area contributed by atoms with Crippen molar-refractivity contribution >= 4 is 5.97 Å². The number of hydrogen-bond acceptors (Lipinski definition) is 2. The lowest BCUT2D eigenvalue weighted by Gasteiger charge is -2.15. The van der Waals surface area contributed by atoms with Gasteiger partial charge in [0.25, 0.3) is 5.92 Å². The molecule has 0 radical (unpaired) electrons. The van der Waals surface area contributed by atoms with E-state index >= 15 is 0 Å². The molecule has 1 aliphatic rings. The number of rotatable bonds is 2. The Kier molecular flexibility index (Phi) is 2.26. The van der Waals surface area contributed by atoms with Crippen LogP contribution in [0, 0.1) is 0 Å². The smallest absolute Gasteiger partial charge is 0.270 e. The van der Waals surface area contributed by atoms with E-state index < -0.39 is 18.3 Å². The molecule has 4 heteroatoms. The molecule has 0 amide bonds. The second kappa shape index (κ2) is 3.05. The van der Waals surface area contributed by atoms with E-state index in [1.807, 2.05) is 0 Å². The Morgan fingerprint density at radius 2 is 2.33 bits per heavy atom. The lowest BCUT2D eigenvalue weighted by Crippen LogP contribution is -2.23. The van der Waals surface area contributed by atoms with Gasteiger partial charge in [-0.3, -0.25) is 0 Å². The van der Waals surface area contributed by atoms with Gasteiger partial charge >= 0.3 is 0 Å². The van der Waals surface area contributed by atoms with Crippen molar-refractivity contribution in [2.45, 2.75) is 18.8 Å². The van der Waals surface area contributed by atoms with Gasteiger partial charge in [-0.1, -0.05) is 12.2 Å². The fraction of sp³-hybridized carbons (Fsp3) is 0.375. The molecule has 0 aliphatic heterocycles. The lowest BCUT2D eigenvalue weighted by atomic mass is 10.0. The van der Waals surface area contributed by atoms with E-state index in [0.29, 0.717) is 11.6 Å². The summed E-state index contributed by atoms with van der Waals surface area (Å²) in [5.41, 5.74) is 0.376. The Balaban J connectivity index is 2.58. The zero-order valence-corrected chi connectivity index (χ0v) is 6.22. The van der Waals surface area contributed by atoms with Gasteiger partial charge in [-0.15, -0.1) is 0 Å². The number of carboxylic acid groups (broad SMARTS) is 1. The van der Waals surface area contributed by atoms with Crippen molar-refractivity contribution in [2.24, 2.45) is 0 Å². The second-order valence-electron chi connectivity index (χ2n) is 2.63. The third kappa shape index (κ3) is 2.45. The van der Waals surface area contributed by atoms with E-state index in [1.54, 1.807) is 0 Å². The van der Waals surface area contributed by atoms with Gasteiger partial charge in [-0.2, -0.15) is 0 Å². The number of alkyl halides is 2. The van der Waals surface area contributed by atoms with Gasteiger partial charge in [0.1, 0.15) is 0 Å². The summed E-state index contributed by atoms with van der Waals surface area (Å²) in [6.45, 7) is 0. The van der Waals surface area contributed by atoms with Gasteiger partial charge in [0.15, 0.2) is 0 Å². The van der Waals surface area contributed by atoms with Crippen molar-refractivity contribution in [3.63, 3.8) is 0 Å². The molecule has 0 bridgehead atoms. The molecule has 0 spiro atoms. The largest absolute Gasteiger partial charge is 0.550 e. The summed E-state index contributed by atoms with van der Waals surface area (Å²) >= 11 is 0. The van der Waals surface area contributed by atoms with Crippen LogP contribution >= 0.6 is 0 Å². The third-order valence-electron chi connectivity index (χ3n) is 1.53. The minimum atomic E-state index is -2.82. The average Bonchev–Trinajstić information content (AvgIpc) is 1.93. The predicted molar refractivity (Wildman–Crippen MR) is 36.4 cm³/mol. The topological polar surface area (TPSA) is 40.1 Å². The van der Waals surface area contributed by atoms with Crippen molar-refractivity contribution < 1.29 is 18.7 Å². The molecule has 2 nitrogen and oxygen atoms in total. The van der Waals surface area contributed by atoms with Crippen LogP contribution in [-0.4, -0.2) is 11.9 Å². The first kappa shape index (κ1) is 8.90. The minimum Gasteiger partial charge on any atom is -0.550 e. The van der Waals surface area contributed by atoms with Crippen LogP contribution in [-0.2, 0) is 4.79 Å². The number of hydrogen-bond donors (Lipinski definition) is 0. The quantitative estimate of drug-likeness (QED) is 0.615. The molecule has 0 heterocycles. The van der Waals surface area contributed by atoms with E-state index in [9.17, 15) is 18.7 Å². The third-order valence-corrected chi connectivity index (χ3v) is 1.53. The van der Waals surface area contributed by atoms with Crippen LogP contribution in [0.2, 0.25) is 0 Å². The first-order chi connectivity index (χ1) is 5.49. The summed E-state index contributed by atoms with van der Waals surface area (Å²) in [6, 6.07) is 0. The van der Waals surface area contributed by atoms with Crippen molar-refractivity contribution in [3.8, 4) is 0 Å². The zero-order chi connectivity index (χ0) is 9.19. The van der Waals surface area contributed by atoms with Crippen LogP contribution in [0.15, 0.2) is 23.8 Å². The fourth-order valence-corrected chi connectivity index (χ4v) is 0.930. The van der Waals surface area contributed by atoms with Crippen molar-refractivity contribution in [1.82, 2.24) is 0 Å². The maximum atomic E-state index is 12.4. The summed E-state index contributed by atoms with van der Waals surface area (Å²) in [6.07, 6.45) is 2.33. The van der Waals surface area contributed by atoms with Gasteiger partial charge < -0.3 is 9.90 Å². The molecule has 12 heavy (non-hydrogen) atoms. The van der Waals surface area contributed by atoms with Crippen molar-refractivity contribution in [1.29, 1.82) is 0 Å². The van der Waals surface area contributed by atoms with E-state index in [4.69, 9.17) is 0 Å². The van der Waals surface area contributed by atoms with Crippen LogP contribution in [0.25, 0.3) is 0 Å². The molecule has 0 unspecified atom stereocenters. The Labute approximate surface area is 68.2 Å². The van der Waals surface area contributed by atoms with E-state index in [2.05, 4.69) is 0 Å². The van der Waals surface area contributed by atoms with E-state index in [-0.39, 0.29) is 6.42 Å². The SMILES string of the molecule is O=C([O-])CC1=CCC(F)(F)C=C1. The molecule has 1 aliphatic carbocycles. The van der Waals surface area contributed by atoms with E-state index in [0.717, 1.165) is 6.08 Å². The number of aliphatic carboxylic acids is 1. The Hall–Kier alpha value is -1.19. The normalized spacial score (nSPS) is 20.3. The molecule has 0 atom stereocenters. The first-order valence-corrected chi connectivity index (χ1v) is 3.45. The van der Waals surface area contributed by atoms with Gasteiger partial charge in [-0.05, 0) is 11.6 Å². The minimum absolute atomic E-state index is 0.299. The maximum Gasteiger partial charge on any atom is 0.270 e. The highest BCUT2D eigenvalue weighted by molar-refractivity contribution is 5.68. The van der Waals surface area contributed by atoms with Crippen LogP contribution in [0.5, 0.6) is 0 Å². The summed E-state index contributed by atoms with van der Waals surface area (Å²) in [5, 5.41) is 10.1. The summed E-state index contributed by atoms with van der Waals surface area (Å²) in [7, 11) is 0. The molecule has 0 aromatic rings. The average molecular weight is 173 g/mol. The molecule has 0 aromatic carbocycles. The van der Waals surface area contributed by atoms with Gasteiger partial charge in [-0.25, -0.2) is 8.78 Å². The highest BCUT2D eigenvalue weighted by Crippen LogP contribution is 2.26. The highest BCUT2D eigenvalue weighted by Gasteiger charge is 2.25. The molecule has 0 saturated heterocycles. The zero-order valence-electron chi connectivity index (χ0n) is 6.22. The molecule has 0 aromatic heterocycles. The molecule has 0 saturated carbocycles. The van der Waals surface area contributed by atoms with Gasteiger partial charge in [0.2, 0.25) is 0 Å². The first-order valence-electron chi connectivity index (χ1n) is 3.45. The molecular formula is C8H7F2O2-. The van der Waals surface area contributed by atoms with E-state index in [1.165, 1.54) is 6.08 Å². The molecular weight excluding hydrogens is 166 g/mol. The second-order valence-corrected chi connectivity index (χ2v) is 2.63. The van der Waals surface area contributed by atoms with Crippen LogP contribution < -0.4 is 5.11 Å². The summed E-state index contributed by atoms with van der Waals surface area (Å²) in [4.78, 5) is 10.1. The van der Waals surface area contributed by atoms with Crippen LogP contribution in [0.3, 0.4) is 0 Å². The van der Waals surface area contributed by atoms with Crippen molar-refractivity contribution in [2.75, 3.05) is 0 Å². The summed E-state index contributed by atoms with van der Waals surface area (Å²) in [5.74, 6) is -4.08. The highest BCUT2D eigenvalue weighted by atomic mass is 19.3. The number of halogens is 2. The Bertz CT molecular complexity index is 254. The molecule has 66 valence electrons. The van der Waals surface area contributed by atoms with Crippen molar-refractivity contribution in [3.05, 3.63) is 23.8 Å². The number of carbonyl (C=O) groups excluding carboxylic acids is 1. The number of carboxylic acids is 1. The number of allylic oxidation sites excluding steroid dienone is 3. The van der Waals surface area contributed by atoms with Gasteiger partial charge in [0, 0.05) is 18.8 Å². The fourth-order valence-electron chi connectivity index (χ4n) is 0.930. The maximum absolute atomic E-state index is 12.4. The van der Waals surface area contributed by atoms with Crippen LogP contribution in [0.1, 0.15) is 12.8 Å². The van der Waals surface area contributed by atoms with Gasteiger partial charge in [0.05, 0.1) is 0 Å². The summed E-state index contributed by atoms with van der Waals surface area (Å²) < 4.78 is 24.8. The Morgan fingerprint density at radius 1 is 1.67 bits per heavy atom. The number of carbonyl (C=O) groups is 1. The Morgan fingerprint density at radius 3 is 2.75 bits per heavy atom. The molecule has 0 fully saturated rings. The standard InChI is InChI=1S/C8H8F2O2/c9-8(10)3-1-6(2-4-8)5-7(11)12/h1-3H,4-5H2,(H,11,12)/p-1. The van der Waals surface area contributed by atoms with Crippen LogP contribution in [0.4, 0.5) is 8.78 Å². The molecule has 1 rings (SSSR count). The molecule has 0 N–H and O–H groups in total. The lowest BCUT2D eigenvalue weighted by molar-refractivity contribution is -0.304.